The number of anilines is 1. The summed E-state index contributed by atoms with van der Waals surface area (Å²) in [7, 11) is 0. The highest BCUT2D eigenvalue weighted by Gasteiger charge is 2.25. The minimum Gasteiger partial charge on any atom is -0.491 e. The fraction of sp³-hybridized carbons (Fsp3) is 0.286. The van der Waals surface area contributed by atoms with E-state index in [1.807, 2.05) is 36.4 Å². The third-order valence-corrected chi connectivity index (χ3v) is 5.19. The highest BCUT2D eigenvalue weighted by Crippen LogP contribution is 2.31. The van der Waals surface area contributed by atoms with Gasteiger partial charge in [0.1, 0.15) is 12.4 Å². The molecule has 3 heterocycles. The Hall–Kier alpha value is -3.39. The predicted octanol–water partition coefficient (Wildman–Crippen LogP) is 2.17. The fourth-order valence-corrected chi connectivity index (χ4v) is 3.59. The quantitative estimate of drug-likeness (QED) is 0.708. The van der Waals surface area contributed by atoms with Crippen LogP contribution in [0.25, 0.3) is 11.4 Å². The molecule has 5 rings (SSSR count). The Morgan fingerprint density at radius 2 is 1.90 bits per heavy atom. The van der Waals surface area contributed by atoms with E-state index >= 15 is 0 Å². The van der Waals surface area contributed by atoms with Crippen LogP contribution in [0.1, 0.15) is 22.0 Å². The summed E-state index contributed by atoms with van der Waals surface area (Å²) in [5.74, 6) is 2.05. The summed E-state index contributed by atoms with van der Waals surface area (Å²) in [4.78, 5) is 19.3. The molecule has 2 aliphatic rings. The van der Waals surface area contributed by atoms with Gasteiger partial charge in [-0.3, -0.25) is 9.89 Å². The summed E-state index contributed by atoms with van der Waals surface area (Å²) in [6, 6.07) is 15.0. The van der Waals surface area contributed by atoms with Gasteiger partial charge in [0.05, 0.1) is 19.3 Å². The van der Waals surface area contributed by atoms with Gasteiger partial charge in [0, 0.05) is 29.8 Å². The Kier molecular flexibility index (Phi) is 4.61. The van der Waals surface area contributed by atoms with Gasteiger partial charge >= 0.3 is 0 Å². The van der Waals surface area contributed by atoms with Crippen molar-refractivity contribution in [2.45, 2.75) is 6.04 Å². The zero-order chi connectivity index (χ0) is 19.6. The maximum atomic E-state index is 12.6. The zero-order valence-electron chi connectivity index (χ0n) is 15.8. The topological polar surface area (TPSA) is 92.4 Å². The van der Waals surface area contributed by atoms with Crippen LogP contribution in [0.4, 0.5) is 5.95 Å². The molecular formula is C21H21N5O3. The van der Waals surface area contributed by atoms with E-state index in [2.05, 4.69) is 25.4 Å². The van der Waals surface area contributed by atoms with Crippen LogP contribution >= 0.6 is 0 Å². The molecule has 8 heteroatoms. The van der Waals surface area contributed by atoms with Crippen molar-refractivity contribution in [2.24, 2.45) is 0 Å². The first-order valence-corrected chi connectivity index (χ1v) is 9.66. The number of rotatable bonds is 4. The van der Waals surface area contributed by atoms with Crippen molar-refractivity contribution in [1.82, 2.24) is 20.5 Å². The van der Waals surface area contributed by atoms with Gasteiger partial charge in [-0.15, -0.1) is 5.10 Å². The third-order valence-electron chi connectivity index (χ3n) is 5.19. The van der Waals surface area contributed by atoms with Crippen LogP contribution in [0, 0.1) is 0 Å². The third kappa shape index (κ3) is 3.54. The first kappa shape index (κ1) is 17.7. The maximum Gasteiger partial charge on any atom is 0.251 e. The largest absolute Gasteiger partial charge is 0.491 e. The molecule has 1 fully saturated rings. The second-order valence-electron chi connectivity index (χ2n) is 7.04. The Balaban J connectivity index is 1.27. The molecule has 0 spiro atoms. The number of aromatic amines is 1. The lowest BCUT2D eigenvalue weighted by atomic mass is 10.1. The number of fused-ring (bicyclic) bond motifs is 1. The Morgan fingerprint density at radius 3 is 2.72 bits per heavy atom. The zero-order valence-corrected chi connectivity index (χ0v) is 15.8. The van der Waals surface area contributed by atoms with E-state index in [-0.39, 0.29) is 11.9 Å². The van der Waals surface area contributed by atoms with Crippen molar-refractivity contribution in [3.63, 3.8) is 0 Å². The lowest BCUT2D eigenvalue weighted by Crippen LogP contribution is -2.36. The van der Waals surface area contributed by atoms with Crippen LogP contribution in [0.15, 0.2) is 48.5 Å². The van der Waals surface area contributed by atoms with Gasteiger partial charge < -0.3 is 19.7 Å². The molecule has 148 valence electrons. The number of ether oxygens (including phenoxy) is 2. The number of nitrogens with one attached hydrogen (secondary N) is 2. The number of nitrogens with zero attached hydrogens (tertiary/aromatic N) is 3. The maximum absolute atomic E-state index is 12.6. The van der Waals surface area contributed by atoms with Gasteiger partial charge in [-0.25, -0.2) is 0 Å². The van der Waals surface area contributed by atoms with Crippen LogP contribution in [0.2, 0.25) is 0 Å². The van der Waals surface area contributed by atoms with E-state index in [1.54, 1.807) is 12.1 Å². The van der Waals surface area contributed by atoms with E-state index in [1.165, 1.54) is 0 Å². The molecule has 3 aromatic rings. The normalized spacial score (nSPS) is 18.2. The van der Waals surface area contributed by atoms with Crippen molar-refractivity contribution >= 4 is 11.9 Å². The lowest BCUT2D eigenvalue weighted by molar-refractivity contribution is 0.0930. The number of aromatic nitrogens is 3. The first-order chi connectivity index (χ1) is 14.3. The Labute approximate surface area is 167 Å². The van der Waals surface area contributed by atoms with E-state index in [0.717, 1.165) is 30.0 Å². The number of amides is 1. The van der Waals surface area contributed by atoms with Gasteiger partial charge in [-0.1, -0.05) is 30.3 Å². The Bertz CT molecular complexity index is 1010. The molecule has 2 aromatic carbocycles. The molecule has 0 radical (unpaired) electrons. The summed E-state index contributed by atoms with van der Waals surface area (Å²) >= 11 is 0. The number of para-hydroxylation sites is 1. The average molecular weight is 391 g/mol. The number of benzene rings is 2. The molecule has 1 aromatic heterocycles. The standard InChI is InChI=1S/C21H21N5O3/c27-20(22-17-13-29-18-4-2-1-3-16(17)18)15-7-5-14(6-8-15)19-23-21(25-24-19)26-9-11-28-12-10-26/h1-8,17H,9-13H2,(H,22,27)(H,23,24,25). The summed E-state index contributed by atoms with van der Waals surface area (Å²) in [5, 5.41) is 10.3. The molecule has 1 amide bonds. The van der Waals surface area contributed by atoms with Crippen LogP contribution in [0.5, 0.6) is 5.75 Å². The summed E-state index contributed by atoms with van der Waals surface area (Å²) in [5.41, 5.74) is 2.48. The van der Waals surface area contributed by atoms with E-state index in [9.17, 15) is 4.79 Å². The van der Waals surface area contributed by atoms with Crippen molar-refractivity contribution < 1.29 is 14.3 Å². The molecule has 29 heavy (non-hydrogen) atoms. The number of carbonyl (C=O) groups is 1. The van der Waals surface area contributed by atoms with Crippen molar-refractivity contribution in [3.8, 4) is 17.1 Å². The second-order valence-corrected chi connectivity index (χ2v) is 7.04. The smallest absolute Gasteiger partial charge is 0.251 e. The van der Waals surface area contributed by atoms with E-state index in [4.69, 9.17) is 9.47 Å². The molecule has 1 unspecified atom stereocenters. The van der Waals surface area contributed by atoms with Crippen LogP contribution < -0.4 is 15.0 Å². The van der Waals surface area contributed by atoms with Crippen molar-refractivity contribution in [2.75, 3.05) is 37.8 Å². The highest BCUT2D eigenvalue weighted by molar-refractivity contribution is 5.95. The first-order valence-electron chi connectivity index (χ1n) is 9.66. The molecule has 1 saturated heterocycles. The van der Waals surface area contributed by atoms with Gasteiger partial charge in [0.25, 0.3) is 5.91 Å². The number of carbonyl (C=O) groups excluding carboxylic acids is 1. The summed E-state index contributed by atoms with van der Waals surface area (Å²) < 4.78 is 11.0. The summed E-state index contributed by atoms with van der Waals surface area (Å²) in [6.45, 7) is 3.38. The lowest BCUT2D eigenvalue weighted by Gasteiger charge is -2.25. The number of H-pyrrole nitrogens is 1. The Morgan fingerprint density at radius 1 is 1.10 bits per heavy atom. The minimum atomic E-state index is -0.135. The predicted molar refractivity (Wildman–Crippen MR) is 107 cm³/mol. The monoisotopic (exact) mass is 391 g/mol. The molecule has 2 aliphatic heterocycles. The number of hydrogen-bond acceptors (Lipinski definition) is 6. The van der Waals surface area contributed by atoms with Crippen LogP contribution in [-0.4, -0.2) is 54.0 Å². The molecule has 1 atom stereocenters. The van der Waals surface area contributed by atoms with E-state index in [0.29, 0.717) is 37.2 Å². The fourth-order valence-electron chi connectivity index (χ4n) is 3.59. The molecular weight excluding hydrogens is 370 g/mol. The van der Waals surface area contributed by atoms with Gasteiger partial charge in [0.2, 0.25) is 5.95 Å². The highest BCUT2D eigenvalue weighted by atomic mass is 16.5. The van der Waals surface area contributed by atoms with Crippen molar-refractivity contribution in [3.05, 3.63) is 59.7 Å². The van der Waals surface area contributed by atoms with E-state index < -0.39 is 0 Å². The van der Waals surface area contributed by atoms with Gasteiger partial charge in [-0.2, -0.15) is 4.98 Å². The van der Waals surface area contributed by atoms with Crippen LogP contribution in [0.3, 0.4) is 0 Å². The average Bonchev–Trinajstić information content (AvgIpc) is 3.43. The second kappa shape index (κ2) is 7.56. The van der Waals surface area contributed by atoms with Crippen molar-refractivity contribution in [1.29, 1.82) is 0 Å². The number of morpholine rings is 1. The van der Waals surface area contributed by atoms with Gasteiger partial charge in [-0.05, 0) is 18.2 Å². The number of hydrogen-bond donors (Lipinski definition) is 2. The molecule has 0 aliphatic carbocycles. The summed E-state index contributed by atoms with van der Waals surface area (Å²) in [6.07, 6.45) is 0. The molecule has 0 bridgehead atoms. The molecule has 0 saturated carbocycles. The van der Waals surface area contributed by atoms with Crippen LogP contribution in [-0.2, 0) is 4.74 Å². The minimum absolute atomic E-state index is 0.131. The molecule has 8 nitrogen and oxygen atoms in total. The van der Waals surface area contributed by atoms with Gasteiger partial charge in [0.15, 0.2) is 5.82 Å². The molecule has 2 N–H and O–H groups in total. The SMILES string of the molecule is O=C(NC1COc2ccccc21)c1ccc(-c2nc(N3CCOCC3)n[nH]2)cc1.